The maximum absolute atomic E-state index is 10.6. The van der Waals surface area contributed by atoms with Gasteiger partial charge in [-0.3, -0.25) is 10.6 Å². The topological polar surface area (TPSA) is 55.1 Å². The lowest BCUT2D eigenvalue weighted by molar-refractivity contribution is 0.112. The van der Waals surface area contributed by atoms with E-state index in [-0.39, 0.29) is 0 Å². The van der Waals surface area contributed by atoms with Gasteiger partial charge in [0.05, 0.1) is 0 Å². The highest BCUT2D eigenvalue weighted by Gasteiger charge is 2.00. The van der Waals surface area contributed by atoms with E-state index in [0.29, 0.717) is 5.56 Å². The number of hydrogen-bond donors (Lipinski definition) is 2. The van der Waals surface area contributed by atoms with Crippen LogP contribution in [-0.4, -0.2) is 12.5 Å². The molecule has 0 bridgehead atoms. The van der Waals surface area contributed by atoms with Crippen LogP contribution < -0.4 is 11.3 Å². The zero-order valence-corrected chi connectivity index (χ0v) is 7.52. The summed E-state index contributed by atoms with van der Waals surface area (Å²) < 4.78 is 0. The summed E-state index contributed by atoms with van der Waals surface area (Å²) in [5, 5.41) is 0. The summed E-state index contributed by atoms with van der Waals surface area (Å²) in [5.74, 6) is 5.19. The van der Waals surface area contributed by atoms with E-state index in [1.165, 1.54) is 11.8 Å². The van der Waals surface area contributed by atoms with Gasteiger partial charge in [-0.15, -0.1) is 11.8 Å². The molecule has 0 spiro atoms. The van der Waals surface area contributed by atoms with Crippen LogP contribution in [0.15, 0.2) is 23.1 Å². The van der Waals surface area contributed by atoms with Crippen LogP contribution in [0.3, 0.4) is 0 Å². The Bertz CT molecular complexity index is 288. The van der Waals surface area contributed by atoms with Gasteiger partial charge in [0.15, 0.2) is 6.29 Å². The molecule has 0 saturated carbocycles. The average Bonchev–Trinajstić information content (AvgIpc) is 2.16. The average molecular weight is 182 g/mol. The molecule has 0 aliphatic rings. The summed E-state index contributed by atoms with van der Waals surface area (Å²) in [6, 6.07) is 5.42. The standard InChI is InChI=1S/C8H10N2OS/c1-12-8-3-2-7(10-9)4-6(8)5-11/h2-5,10H,9H2,1H3. The molecular formula is C8H10N2OS. The van der Waals surface area contributed by atoms with Crippen molar-refractivity contribution < 1.29 is 4.79 Å². The lowest BCUT2D eigenvalue weighted by atomic mass is 10.2. The van der Waals surface area contributed by atoms with Crippen molar-refractivity contribution >= 4 is 23.7 Å². The SMILES string of the molecule is CSc1ccc(NN)cc1C=O. The van der Waals surface area contributed by atoms with E-state index < -0.39 is 0 Å². The Morgan fingerprint density at radius 3 is 2.83 bits per heavy atom. The number of carbonyl (C=O) groups excluding carboxylic acids is 1. The fourth-order valence-electron chi connectivity index (χ4n) is 0.916. The third-order valence-electron chi connectivity index (χ3n) is 1.52. The molecule has 3 nitrogen and oxygen atoms in total. The molecule has 0 aliphatic heterocycles. The Kier molecular flexibility index (Phi) is 3.13. The van der Waals surface area contributed by atoms with Crippen LogP contribution in [0.4, 0.5) is 5.69 Å². The van der Waals surface area contributed by atoms with Crippen LogP contribution >= 0.6 is 11.8 Å². The van der Waals surface area contributed by atoms with Crippen molar-refractivity contribution in [3.63, 3.8) is 0 Å². The first-order chi connectivity index (χ1) is 5.81. The zero-order chi connectivity index (χ0) is 8.97. The smallest absolute Gasteiger partial charge is 0.151 e. The second-order valence-corrected chi connectivity index (χ2v) is 3.07. The Labute approximate surface area is 75.3 Å². The number of aldehydes is 1. The monoisotopic (exact) mass is 182 g/mol. The fraction of sp³-hybridized carbons (Fsp3) is 0.125. The zero-order valence-electron chi connectivity index (χ0n) is 6.70. The Morgan fingerprint density at radius 2 is 2.33 bits per heavy atom. The molecule has 1 rings (SSSR count). The third kappa shape index (κ3) is 1.78. The minimum absolute atomic E-state index is 0.665. The number of nitrogen functional groups attached to an aromatic ring is 1. The van der Waals surface area contributed by atoms with Crippen molar-refractivity contribution in [2.75, 3.05) is 11.7 Å². The van der Waals surface area contributed by atoms with Crippen molar-refractivity contribution in [1.82, 2.24) is 0 Å². The lowest BCUT2D eigenvalue weighted by Gasteiger charge is -2.03. The summed E-state index contributed by atoms with van der Waals surface area (Å²) in [6.07, 6.45) is 2.75. The van der Waals surface area contributed by atoms with Gasteiger partial charge < -0.3 is 5.43 Å². The molecule has 0 aromatic heterocycles. The largest absolute Gasteiger partial charge is 0.324 e. The summed E-state index contributed by atoms with van der Waals surface area (Å²) in [7, 11) is 0. The van der Waals surface area contributed by atoms with Crippen molar-refractivity contribution in [2.45, 2.75) is 4.90 Å². The molecule has 3 N–H and O–H groups in total. The molecular weight excluding hydrogens is 172 g/mol. The third-order valence-corrected chi connectivity index (χ3v) is 2.33. The number of hydrazine groups is 1. The van der Waals surface area contributed by atoms with Crippen LogP contribution in [0, 0.1) is 0 Å². The number of anilines is 1. The van der Waals surface area contributed by atoms with Gasteiger partial charge in [-0.2, -0.15) is 0 Å². The van der Waals surface area contributed by atoms with E-state index in [2.05, 4.69) is 5.43 Å². The molecule has 4 heteroatoms. The molecule has 0 atom stereocenters. The first-order valence-electron chi connectivity index (χ1n) is 3.41. The quantitative estimate of drug-likeness (QED) is 0.322. The van der Waals surface area contributed by atoms with Gasteiger partial charge in [0.2, 0.25) is 0 Å². The predicted octanol–water partition coefficient (Wildman–Crippen LogP) is 1.51. The normalized spacial score (nSPS) is 9.50. The highest BCUT2D eigenvalue weighted by atomic mass is 32.2. The highest BCUT2D eigenvalue weighted by Crippen LogP contribution is 2.21. The van der Waals surface area contributed by atoms with Crippen molar-refractivity contribution in [1.29, 1.82) is 0 Å². The molecule has 0 fully saturated rings. The predicted molar refractivity (Wildman–Crippen MR) is 51.4 cm³/mol. The maximum atomic E-state index is 10.6. The number of nitrogens with one attached hydrogen (secondary N) is 1. The molecule has 1 aromatic carbocycles. The van der Waals surface area contributed by atoms with E-state index in [1.54, 1.807) is 6.07 Å². The van der Waals surface area contributed by atoms with Crippen LogP contribution in [0.5, 0.6) is 0 Å². The molecule has 0 heterocycles. The number of thioether (sulfide) groups is 1. The van der Waals surface area contributed by atoms with Crippen molar-refractivity contribution in [3.05, 3.63) is 23.8 Å². The van der Waals surface area contributed by atoms with E-state index in [9.17, 15) is 4.79 Å². The summed E-state index contributed by atoms with van der Waals surface area (Å²) in [6.45, 7) is 0. The molecule has 0 radical (unpaired) electrons. The summed E-state index contributed by atoms with van der Waals surface area (Å²) >= 11 is 1.54. The van der Waals surface area contributed by atoms with Crippen LogP contribution in [0.25, 0.3) is 0 Å². The van der Waals surface area contributed by atoms with Gasteiger partial charge >= 0.3 is 0 Å². The van der Waals surface area contributed by atoms with E-state index in [4.69, 9.17) is 5.84 Å². The number of benzene rings is 1. The van der Waals surface area contributed by atoms with Gasteiger partial charge in [-0.05, 0) is 24.5 Å². The Morgan fingerprint density at radius 1 is 1.58 bits per heavy atom. The highest BCUT2D eigenvalue weighted by molar-refractivity contribution is 7.98. The van der Waals surface area contributed by atoms with E-state index in [0.717, 1.165) is 16.9 Å². The molecule has 0 aliphatic carbocycles. The van der Waals surface area contributed by atoms with Crippen LogP contribution in [0.2, 0.25) is 0 Å². The maximum Gasteiger partial charge on any atom is 0.151 e. The minimum Gasteiger partial charge on any atom is -0.324 e. The fourth-order valence-corrected chi connectivity index (χ4v) is 1.46. The second-order valence-electron chi connectivity index (χ2n) is 2.22. The minimum atomic E-state index is 0.665. The Balaban J connectivity index is 3.10. The summed E-state index contributed by atoms with van der Waals surface area (Å²) in [4.78, 5) is 11.5. The van der Waals surface area contributed by atoms with Gasteiger partial charge in [0.25, 0.3) is 0 Å². The van der Waals surface area contributed by atoms with Crippen molar-refractivity contribution in [2.24, 2.45) is 5.84 Å². The summed E-state index contributed by atoms with van der Waals surface area (Å²) in [5.41, 5.74) is 3.89. The first-order valence-corrected chi connectivity index (χ1v) is 4.64. The lowest BCUT2D eigenvalue weighted by Crippen LogP contribution is -2.06. The van der Waals surface area contributed by atoms with Gasteiger partial charge in [-0.25, -0.2) is 0 Å². The number of carbonyl (C=O) groups is 1. The number of rotatable bonds is 3. The first kappa shape index (κ1) is 9.09. The van der Waals surface area contributed by atoms with Gasteiger partial charge in [-0.1, -0.05) is 0 Å². The molecule has 0 amide bonds. The van der Waals surface area contributed by atoms with E-state index >= 15 is 0 Å². The van der Waals surface area contributed by atoms with Crippen LogP contribution in [-0.2, 0) is 0 Å². The van der Waals surface area contributed by atoms with Gasteiger partial charge in [0, 0.05) is 16.1 Å². The molecule has 0 unspecified atom stereocenters. The Hall–Kier alpha value is -1.00. The van der Waals surface area contributed by atoms with Gasteiger partial charge in [0.1, 0.15) is 0 Å². The molecule has 1 aromatic rings. The second kappa shape index (κ2) is 4.13. The molecule has 64 valence electrons. The number of nitrogens with two attached hydrogens (primary N) is 1. The van der Waals surface area contributed by atoms with Crippen molar-refractivity contribution in [3.8, 4) is 0 Å². The molecule has 0 saturated heterocycles. The number of hydrogen-bond acceptors (Lipinski definition) is 4. The van der Waals surface area contributed by atoms with Crippen LogP contribution in [0.1, 0.15) is 10.4 Å². The van der Waals surface area contributed by atoms with E-state index in [1.807, 2.05) is 18.4 Å². The molecule has 12 heavy (non-hydrogen) atoms.